The molecule has 5 heteroatoms. The Morgan fingerprint density at radius 1 is 1.00 bits per heavy atom. The van der Waals surface area contributed by atoms with Gasteiger partial charge in [-0.25, -0.2) is 0 Å². The summed E-state index contributed by atoms with van der Waals surface area (Å²) in [4.78, 5) is 0. The van der Waals surface area contributed by atoms with Crippen LogP contribution in [0.3, 0.4) is 0 Å². The Balaban J connectivity index is 1.94. The summed E-state index contributed by atoms with van der Waals surface area (Å²) in [6.07, 6.45) is 0.814. The molecule has 104 valence electrons. The maximum Gasteiger partial charge on any atom is 0.0724 e. The Hall–Kier alpha value is -0.930. The van der Waals surface area contributed by atoms with Gasteiger partial charge in [0.25, 0.3) is 0 Å². The molecule has 0 bridgehead atoms. The standard InChI is InChI=1S/C15H13Cl3N2/c16-8-5-11(17)15(12(18)6-8)20-14-7-13(19)9-3-1-2-4-10(9)14/h1-6,13-14,20H,7,19H2. The van der Waals surface area contributed by atoms with E-state index in [0.29, 0.717) is 20.8 Å². The van der Waals surface area contributed by atoms with Crippen LogP contribution >= 0.6 is 34.8 Å². The number of rotatable bonds is 2. The van der Waals surface area contributed by atoms with Gasteiger partial charge in [-0.3, -0.25) is 0 Å². The van der Waals surface area contributed by atoms with Crippen molar-refractivity contribution in [3.8, 4) is 0 Å². The fourth-order valence-electron chi connectivity index (χ4n) is 2.66. The summed E-state index contributed by atoms with van der Waals surface area (Å²) in [6.45, 7) is 0. The zero-order chi connectivity index (χ0) is 14.3. The molecule has 0 saturated heterocycles. The Labute approximate surface area is 132 Å². The van der Waals surface area contributed by atoms with Gasteiger partial charge in [-0.15, -0.1) is 0 Å². The Morgan fingerprint density at radius 3 is 2.25 bits per heavy atom. The number of fused-ring (bicyclic) bond motifs is 1. The minimum Gasteiger partial charge on any atom is -0.376 e. The van der Waals surface area contributed by atoms with Crippen LogP contribution in [-0.4, -0.2) is 0 Å². The van der Waals surface area contributed by atoms with E-state index in [2.05, 4.69) is 17.4 Å². The fourth-order valence-corrected chi connectivity index (χ4v) is 3.59. The number of hydrogen-bond donors (Lipinski definition) is 2. The summed E-state index contributed by atoms with van der Waals surface area (Å²) in [5.74, 6) is 0. The van der Waals surface area contributed by atoms with E-state index in [9.17, 15) is 0 Å². The average molecular weight is 328 g/mol. The van der Waals surface area contributed by atoms with E-state index < -0.39 is 0 Å². The molecule has 0 radical (unpaired) electrons. The van der Waals surface area contributed by atoms with Crippen molar-refractivity contribution in [3.05, 3.63) is 62.6 Å². The Kier molecular flexibility index (Phi) is 3.83. The van der Waals surface area contributed by atoms with Crippen LogP contribution in [0.25, 0.3) is 0 Å². The first-order valence-electron chi connectivity index (χ1n) is 6.31. The van der Waals surface area contributed by atoms with Gasteiger partial charge in [0.05, 0.1) is 21.8 Å². The van der Waals surface area contributed by atoms with E-state index in [-0.39, 0.29) is 12.1 Å². The highest BCUT2D eigenvalue weighted by Gasteiger charge is 2.28. The van der Waals surface area contributed by atoms with Crippen LogP contribution in [0.2, 0.25) is 15.1 Å². The van der Waals surface area contributed by atoms with Gasteiger partial charge in [-0.05, 0) is 29.7 Å². The van der Waals surface area contributed by atoms with Gasteiger partial charge in [0.1, 0.15) is 0 Å². The quantitative estimate of drug-likeness (QED) is 0.795. The molecule has 0 aliphatic heterocycles. The zero-order valence-electron chi connectivity index (χ0n) is 10.5. The van der Waals surface area contributed by atoms with E-state index >= 15 is 0 Å². The van der Waals surface area contributed by atoms with E-state index in [0.717, 1.165) is 6.42 Å². The fraction of sp³-hybridized carbons (Fsp3) is 0.200. The third-order valence-electron chi connectivity index (χ3n) is 3.59. The molecule has 0 fully saturated rings. The van der Waals surface area contributed by atoms with E-state index in [1.165, 1.54) is 11.1 Å². The van der Waals surface area contributed by atoms with Crippen LogP contribution in [0.15, 0.2) is 36.4 Å². The van der Waals surface area contributed by atoms with Gasteiger partial charge in [-0.1, -0.05) is 59.1 Å². The van der Waals surface area contributed by atoms with Gasteiger partial charge in [0, 0.05) is 11.1 Å². The largest absolute Gasteiger partial charge is 0.376 e. The van der Waals surface area contributed by atoms with Gasteiger partial charge in [0.2, 0.25) is 0 Å². The number of anilines is 1. The molecular weight excluding hydrogens is 315 g/mol. The van der Waals surface area contributed by atoms with E-state index in [1.807, 2.05) is 12.1 Å². The SMILES string of the molecule is NC1CC(Nc2c(Cl)cc(Cl)cc2Cl)c2ccccc21. The molecule has 2 nitrogen and oxygen atoms in total. The first kappa shape index (κ1) is 14.0. The summed E-state index contributed by atoms with van der Waals surface area (Å²) in [7, 11) is 0. The van der Waals surface area contributed by atoms with Crippen LogP contribution in [0.5, 0.6) is 0 Å². The van der Waals surface area contributed by atoms with Gasteiger partial charge >= 0.3 is 0 Å². The molecule has 2 unspecified atom stereocenters. The number of benzene rings is 2. The molecule has 0 amide bonds. The lowest BCUT2D eigenvalue weighted by molar-refractivity contribution is 0.648. The number of nitrogens with two attached hydrogens (primary N) is 1. The summed E-state index contributed by atoms with van der Waals surface area (Å²) >= 11 is 18.4. The van der Waals surface area contributed by atoms with Crippen LogP contribution in [0.1, 0.15) is 29.6 Å². The number of nitrogens with one attached hydrogen (secondary N) is 1. The molecule has 0 aromatic heterocycles. The van der Waals surface area contributed by atoms with Crippen LogP contribution in [-0.2, 0) is 0 Å². The zero-order valence-corrected chi connectivity index (χ0v) is 12.8. The topological polar surface area (TPSA) is 38.0 Å². The highest BCUT2D eigenvalue weighted by molar-refractivity contribution is 6.41. The lowest BCUT2D eigenvalue weighted by atomic mass is 10.1. The Bertz CT molecular complexity index is 634. The molecule has 3 N–H and O–H groups in total. The summed E-state index contributed by atoms with van der Waals surface area (Å²) in [5, 5.41) is 4.94. The van der Waals surface area contributed by atoms with Crippen LogP contribution in [0, 0.1) is 0 Å². The lowest BCUT2D eigenvalue weighted by Crippen LogP contribution is -2.10. The molecule has 1 aliphatic carbocycles. The molecule has 20 heavy (non-hydrogen) atoms. The maximum absolute atomic E-state index is 6.21. The van der Waals surface area contributed by atoms with Crippen molar-refractivity contribution in [1.82, 2.24) is 0 Å². The van der Waals surface area contributed by atoms with Crippen molar-refractivity contribution in [1.29, 1.82) is 0 Å². The van der Waals surface area contributed by atoms with Crippen molar-refractivity contribution in [2.75, 3.05) is 5.32 Å². The highest BCUT2D eigenvalue weighted by Crippen LogP contribution is 2.42. The minimum absolute atomic E-state index is 0.0357. The molecule has 0 spiro atoms. The molecule has 3 rings (SSSR count). The predicted octanol–water partition coefficient (Wildman–Crippen LogP) is 5.20. The van der Waals surface area contributed by atoms with Crippen LogP contribution < -0.4 is 11.1 Å². The van der Waals surface area contributed by atoms with Crippen molar-refractivity contribution in [2.24, 2.45) is 5.73 Å². The molecule has 1 aliphatic rings. The molecule has 0 heterocycles. The number of halogens is 3. The summed E-state index contributed by atoms with van der Waals surface area (Å²) < 4.78 is 0. The summed E-state index contributed by atoms with van der Waals surface area (Å²) in [6, 6.07) is 11.7. The normalized spacial score (nSPS) is 20.8. The molecule has 0 saturated carbocycles. The molecule has 2 aromatic carbocycles. The second-order valence-electron chi connectivity index (χ2n) is 4.91. The van der Waals surface area contributed by atoms with Gasteiger partial charge in [0.15, 0.2) is 0 Å². The van der Waals surface area contributed by atoms with Gasteiger partial charge in [-0.2, -0.15) is 0 Å². The van der Waals surface area contributed by atoms with E-state index in [4.69, 9.17) is 40.5 Å². The van der Waals surface area contributed by atoms with Crippen LogP contribution in [0.4, 0.5) is 5.69 Å². The minimum atomic E-state index is 0.0357. The lowest BCUT2D eigenvalue weighted by Gasteiger charge is -2.18. The van der Waals surface area contributed by atoms with Crippen molar-refractivity contribution >= 4 is 40.5 Å². The maximum atomic E-state index is 6.21. The Morgan fingerprint density at radius 2 is 1.60 bits per heavy atom. The first-order chi connectivity index (χ1) is 9.56. The molecular formula is C15H13Cl3N2. The number of hydrogen-bond acceptors (Lipinski definition) is 2. The second kappa shape index (κ2) is 5.45. The van der Waals surface area contributed by atoms with Crippen molar-refractivity contribution in [2.45, 2.75) is 18.5 Å². The smallest absolute Gasteiger partial charge is 0.0724 e. The van der Waals surface area contributed by atoms with Gasteiger partial charge < -0.3 is 11.1 Å². The van der Waals surface area contributed by atoms with Crippen molar-refractivity contribution in [3.63, 3.8) is 0 Å². The van der Waals surface area contributed by atoms with E-state index in [1.54, 1.807) is 12.1 Å². The highest BCUT2D eigenvalue weighted by atomic mass is 35.5. The van der Waals surface area contributed by atoms with Crippen molar-refractivity contribution < 1.29 is 0 Å². The molecule has 2 aromatic rings. The monoisotopic (exact) mass is 326 g/mol. The molecule has 2 atom stereocenters. The predicted molar refractivity (Wildman–Crippen MR) is 85.8 cm³/mol. The third kappa shape index (κ3) is 2.49. The summed E-state index contributed by atoms with van der Waals surface area (Å²) in [5.41, 5.74) is 9.23. The third-order valence-corrected chi connectivity index (χ3v) is 4.40. The first-order valence-corrected chi connectivity index (χ1v) is 7.45. The average Bonchev–Trinajstić information content (AvgIpc) is 2.71. The second-order valence-corrected chi connectivity index (χ2v) is 6.16.